The number of rotatable bonds is 9. The third kappa shape index (κ3) is 7.36. The summed E-state index contributed by atoms with van der Waals surface area (Å²) in [6.45, 7) is 1.50. The van der Waals surface area contributed by atoms with Crippen molar-refractivity contribution in [2.45, 2.75) is 12.5 Å². The van der Waals surface area contributed by atoms with Gasteiger partial charge in [0.25, 0.3) is 0 Å². The summed E-state index contributed by atoms with van der Waals surface area (Å²) in [5.41, 5.74) is 6.56. The predicted molar refractivity (Wildman–Crippen MR) is 90.1 cm³/mol. The fourth-order valence-corrected chi connectivity index (χ4v) is 2.08. The summed E-state index contributed by atoms with van der Waals surface area (Å²) < 4.78 is 5.60. The number of thioether (sulfide) groups is 1. The van der Waals surface area contributed by atoms with Crippen molar-refractivity contribution in [1.82, 2.24) is 4.90 Å². The smallest absolute Gasteiger partial charge is 0.241 e. The number of nitrogens with two attached hydrogens (primary N) is 1. The molecule has 1 rings (SSSR count). The molecule has 0 saturated heterocycles. The van der Waals surface area contributed by atoms with Gasteiger partial charge in [-0.25, -0.2) is 0 Å². The first-order valence-electron chi connectivity index (χ1n) is 6.96. The Hall–Kier alpha value is -1.24. The Morgan fingerprint density at radius 3 is 2.62 bits per heavy atom. The lowest BCUT2D eigenvalue weighted by Gasteiger charge is -2.13. The molecule has 6 heteroatoms. The van der Waals surface area contributed by atoms with E-state index < -0.39 is 6.04 Å². The van der Waals surface area contributed by atoms with E-state index in [9.17, 15) is 4.79 Å². The van der Waals surface area contributed by atoms with E-state index in [1.54, 1.807) is 11.8 Å². The molecular weight excluding hydrogens is 286 g/mol. The van der Waals surface area contributed by atoms with Crippen LogP contribution in [0.4, 0.5) is 5.69 Å². The molecule has 0 heterocycles. The van der Waals surface area contributed by atoms with E-state index in [0.717, 1.165) is 23.7 Å². The number of carbonyl (C=O) groups is 1. The number of nitrogens with one attached hydrogen (secondary N) is 1. The highest BCUT2D eigenvalue weighted by molar-refractivity contribution is 7.98. The Morgan fingerprint density at radius 1 is 1.38 bits per heavy atom. The quantitative estimate of drug-likeness (QED) is 0.726. The molecule has 118 valence electrons. The molecule has 0 aliphatic carbocycles. The van der Waals surface area contributed by atoms with E-state index in [2.05, 4.69) is 10.2 Å². The van der Waals surface area contributed by atoms with Crippen LogP contribution < -0.4 is 15.8 Å². The molecule has 0 aromatic heterocycles. The lowest BCUT2D eigenvalue weighted by molar-refractivity contribution is -0.117. The maximum absolute atomic E-state index is 11.9. The Bertz CT molecular complexity index is 423. The van der Waals surface area contributed by atoms with Crippen LogP contribution in [0.15, 0.2) is 24.3 Å². The van der Waals surface area contributed by atoms with Crippen molar-refractivity contribution >= 4 is 23.4 Å². The van der Waals surface area contributed by atoms with Gasteiger partial charge in [-0.2, -0.15) is 11.8 Å². The molecule has 1 aromatic carbocycles. The summed E-state index contributed by atoms with van der Waals surface area (Å²) in [5, 5.41) is 2.82. The summed E-state index contributed by atoms with van der Waals surface area (Å²) in [6, 6.07) is 6.87. The molecule has 21 heavy (non-hydrogen) atoms. The number of hydrogen-bond acceptors (Lipinski definition) is 5. The Morgan fingerprint density at radius 2 is 2.05 bits per heavy atom. The van der Waals surface area contributed by atoms with Gasteiger partial charge in [-0.15, -0.1) is 0 Å². The number of ether oxygens (including phenoxy) is 1. The van der Waals surface area contributed by atoms with Gasteiger partial charge in [0, 0.05) is 12.2 Å². The van der Waals surface area contributed by atoms with Gasteiger partial charge in [0.2, 0.25) is 5.91 Å². The Balaban J connectivity index is 2.41. The first kappa shape index (κ1) is 17.8. The molecule has 5 nitrogen and oxygen atoms in total. The third-order valence-corrected chi connectivity index (χ3v) is 3.54. The normalized spacial score (nSPS) is 12.2. The van der Waals surface area contributed by atoms with E-state index in [-0.39, 0.29) is 5.91 Å². The number of hydrogen-bond donors (Lipinski definition) is 2. The van der Waals surface area contributed by atoms with Gasteiger partial charge in [0.15, 0.2) is 0 Å². The van der Waals surface area contributed by atoms with Crippen molar-refractivity contribution in [3.8, 4) is 5.75 Å². The summed E-state index contributed by atoms with van der Waals surface area (Å²) in [6.07, 6.45) is 2.68. The van der Waals surface area contributed by atoms with Crippen LogP contribution in [0.25, 0.3) is 0 Å². The number of anilines is 1. The second-order valence-corrected chi connectivity index (χ2v) is 6.04. The molecule has 3 N–H and O–H groups in total. The first-order chi connectivity index (χ1) is 10.0. The minimum atomic E-state index is -0.464. The van der Waals surface area contributed by atoms with Gasteiger partial charge in [-0.3, -0.25) is 4.79 Å². The number of nitrogens with zero attached hydrogens (tertiary/aromatic N) is 1. The number of carbonyl (C=O) groups excluding carboxylic acids is 1. The zero-order valence-corrected chi connectivity index (χ0v) is 13.8. The molecule has 0 aliphatic heterocycles. The summed E-state index contributed by atoms with van der Waals surface area (Å²) in [4.78, 5) is 13.9. The van der Waals surface area contributed by atoms with Crippen molar-refractivity contribution in [3.63, 3.8) is 0 Å². The maximum Gasteiger partial charge on any atom is 0.241 e. The number of amides is 1. The summed E-state index contributed by atoms with van der Waals surface area (Å²) in [5.74, 6) is 1.53. The molecule has 0 radical (unpaired) electrons. The lowest BCUT2D eigenvalue weighted by atomic mass is 10.2. The van der Waals surface area contributed by atoms with Crippen LogP contribution in [0.3, 0.4) is 0 Å². The van der Waals surface area contributed by atoms with Crippen molar-refractivity contribution in [3.05, 3.63) is 24.3 Å². The zero-order valence-electron chi connectivity index (χ0n) is 13.0. The van der Waals surface area contributed by atoms with Crippen molar-refractivity contribution in [2.75, 3.05) is 44.6 Å². The second-order valence-electron chi connectivity index (χ2n) is 5.05. The SMILES string of the molecule is CSCC[C@H](N)C(=O)Nc1ccc(OCCN(C)C)cc1. The zero-order chi connectivity index (χ0) is 15.7. The highest BCUT2D eigenvalue weighted by Gasteiger charge is 2.12. The average Bonchev–Trinajstić information content (AvgIpc) is 2.46. The summed E-state index contributed by atoms with van der Waals surface area (Å²) in [7, 11) is 4.00. The van der Waals surface area contributed by atoms with E-state index in [1.165, 1.54) is 0 Å². The second kappa shape index (κ2) is 9.65. The molecule has 1 amide bonds. The lowest BCUT2D eigenvalue weighted by Crippen LogP contribution is -2.36. The molecule has 1 aromatic rings. The van der Waals surface area contributed by atoms with Crippen LogP contribution in [0.5, 0.6) is 5.75 Å². The van der Waals surface area contributed by atoms with Gasteiger partial charge in [0.1, 0.15) is 12.4 Å². The van der Waals surface area contributed by atoms with Gasteiger partial charge in [0.05, 0.1) is 6.04 Å². The fraction of sp³-hybridized carbons (Fsp3) is 0.533. The highest BCUT2D eigenvalue weighted by atomic mass is 32.2. The molecular formula is C15H25N3O2S. The molecule has 0 bridgehead atoms. The largest absolute Gasteiger partial charge is 0.492 e. The van der Waals surface area contributed by atoms with Crippen LogP contribution >= 0.6 is 11.8 Å². The van der Waals surface area contributed by atoms with E-state index in [0.29, 0.717) is 13.0 Å². The molecule has 0 fully saturated rings. The molecule has 0 aliphatic rings. The van der Waals surface area contributed by atoms with Crippen LogP contribution in [0.1, 0.15) is 6.42 Å². The Kier molecular flexibility index (Phi) is 8.19. The minimum absolute atomic E-state index is 0.148. The highest BCUT2D eigenvalue weighted by Crippen LogP contribution is 2.16. The molecule has 0 saturated carbocycles. The number of benzene rings is 1. The third-order valence-electron chi connectivity index (χ3n) is 2.90. The van der Waals surface area contributed by atoms with Gasteiger partial charge in [-0.1, -0.05) is 0 Å². The van der Waals surface area contributed by atoms with Crippen LogP contribution in [0, 0.1) is 0 Å². The molecule has 0 spiro atoms. The average molecular weight is 311 g/mol. The predicted octanol–water partition coefficient (Wildman–Crippen LogP) is 1.65. The van der Waals surface area contributed by atoms with Crippen LogP contribution in [-0.2, 0) is 4.79 Å². The first-order valence-corrected chi connectivity index (χ1v) is 8.35. The minimum Gasteiger partial charge on any atom is -0.492 e. The topological polar surface area (TPSA) is 67.6 Å². The van der Waals surface area contributed by atoms with Crippen LogP contribution in [-0.4, -0.2) is 56.1 Å². The Labute approximate surface area is 131 Å². The van der Waals surface area contributed by atoms with E-state index >= 15 is 0 Å². The standard InChI is InChI=1S/C15H25N3O2S/c1-18(2)9-10-20-13-6-4-12(5-7-13)17-15(19)14(16)8-11-21-3/h4-7,14H,8-11,16H2,1-3H3,(H,17,19)/t14-/m0/s1. The van der Waals surface area contributed by atoms with Crippen LogP contribution in [0.2, 0.25) is 0 Å². The maximum atomic E-state index is 11.9. The molecule has 0 unspecified atom stereocenters. The number of likely N-dealkylation sites (N-methyl/N-ethyl adjacent to an activating group) is 1. The molecule has 1 atom stereocenters. The van der Waals surface area contributed by atoms with Crippen molar-refractivity contribution < 1.29 is 9.53 Å². The summed E-state index contributed by atoms with van der Waals surface area (Å²) >= 11 is 1.69. The van der Waals surface area contributed by atoms with E-state index in [1.807, 2.05) is 44.6 Å². The fourth-order valence-electron chi connectivity index (χ4n) is 1.59. The van der Waals surface area contributed by atoms with E-state index in [4.69, 9.17) is 10.5 Å². The van der Waals surface area contributed by atoms with Gasteiger partial charge >= 0.3 is 0 Å². The monoisotopic (exact) mass is 311 g/mol. The van der Waals surface area contributed by atoms with Gasteiger partial charge < -0.3 is 20.7 Å². The van der Waals surface area contributed by atoms with Crippen molar-refractivity contribution in [2.24, 2.45) is 5.73 Å². The van der Waals surface area contributed by atoms with Gasteiger partial charge in [-0.05, 0) is 56.8 Å². The van der Waals surface area contributed by atoms with Crippen molar-refractivity contribution in [1.29, 1.82) is 0 Å².